The molecule has 1 aromatic rings. The second-order valence-electron chi connectivity index (χ2n) is 5.62. The Bertz CT molecular complexity index is 604. The maximum absolute atomic E-state index is 12.5. The largest absolute Gasteiger partial charge is 0.274 e. The quantitative estimate of drug-likeness (QED) is 0.758. The molecule has 2 unspecified atom stereocenters. The maximum Gasteiger partial charge on any atom is 0.239 e. The van der Waals surface area contributed by atoms with Gasteiger partial charge in [0, 0.05) is 13.2 Å². The fourth-order valence-electron chi connectivity index (χ4n) is 3.39. The summed E-state index contributed by atoms with van der Waals surface area (Å²) in [5, 5.41) is 13.2. The van der Waals surface area contributed by atoms with E-state index in [-0.39, 0.29) is 35.0 Å². The molecule has 2 heterocycles. The average Bonchev–Trinajstić information content (AvgIpc) is 3.06. The second kappa shape index (κ2) is 4.44. The fraction of sp³-hybridized carbons (Fsp3) is 0.571. The van der Waals surface area contributed by atoms with Gasteiger partial charge in [0.25, 0.3) is 0 Å². The molecule has 20 heavy (non-hydrogen) atoms. The number of imide groups is 1. The van der Waals surface area contributed by atoms with Crippen molar-refractivity contribution in [2.45, 2.75) is 26.2 Å². The van der Waals surface area contributed by atoms with E-state index >= 15 is 0 Å². The molecular weight excluding hydrogens is 256 g/mol. The van der Waals surface area contributed by atoms with Crippen LogP contribution in [0.2, 0.25) is 0 Å². The molecule has 0 aromatic carbocycles. The lowest BCUT2D eigenvalue weighted by Gasteiger charge is -2.15. The van der Waals surface area contributed by atoms with Crippen molar-refractivity contribution in [2.24, 2.45) is 24.8 Å². The highest BCUT2D eigenvalue weighted by atomic mass is 16.2. The zero-order valence-corrected chi connectivity index (χ0v) is 11.5. The van der Waals surface area contributed by atoms with E-state index in [9.17, 15) is 9.59 Å². The predicted octanol–water partition coefficient (Wildman–Crippen LogP) is 1.22. The normalized spacial score (nSPS) is 28.9. The van der Waals surface area contributed by atoms with E-state index in [0.717, 1.165) is 24.2 Å². The first-order valence-corrected chi connectivity index (χ1v) is 6.88. The van der Waals surface area contributed by atoms with Crippen molar-refractivity contribution in [2.75, 3.05) is 4.90 Å². The van der Waals surface area contributed by atoms with Gasteiger partial charge in [0.2, 0.25) is 11.8 Å². The van der Waals surface area contributed by atoms with Crippen LogP contribution in [0.4, 0.5) is 5.82 Å². The van der Waals surface area contributed by atoms with E-state index in [1.54, 1.807) is 7.05 Å². The number of carbonyl (C=O) groups excluding carboxylic acids is 2. The van der Waals surface area contributed by atoms with Crippen LogP contribution >= 0.6 is 0 Å². The first kappa shape index (κ1) is 12.9. The third-order valence-electron chi connectivity index (χ3n) is 4.45. The van der Waals surface area contributed by atoms with E-state index in [1.165, 1.54) is 10.9 Å². The Labute approximate surface area is 117 Å². The van der Waals surface area contributed by atoms with Crippen molar-refractivity contribution in [3.8, 4) is 6.07 Å². The Morgan fingerprint density at radius 2 is 1.95 bits per heavy atom. The Morgan fingerprint density at radius 1 is 1.35 bits per heavy atom. The molecule has 0 bridgehead atoms. The minimum absolute atomic E-state index is 0.187. The van der Waals surface area contributed by atoms with E-state index in [2.05, 4.69) is 12.0 Å². The van der Waals surface area contributed by atoms with E-state index in [1.807, 2.05) is 6.07 Å². The third kappa shape index (κ3) is 1.66. The molecule has 1 aliphatic heterocycles. The lowest BCUT2D eigenvalue weighted by molar-refractivity contribution is -0.123. The summed E-state index contributed by atoms with van der Waals surface area (Å²) in [6.45, 7) is 2.09. The van der Waals surface area contributed by atoms with Crippen molar-refractivity contribution < 1.29 is 9.59 Å². The highest BCUT2D eigenvalue weighted by Crippen LogP contribution is 2.45. The van der Waals surface area contributed by atoms with Gasteiger partial charge in [-0.3, -0.25) is 14.3 Å². The molecule has 2 atom stereocenters. The summed E-state index contributed by atoms with van der Waals surface area (Å²) in [6.07, 6.45) is 4.08. The van der Waals surface area contributed by atoms with Gasteiger partial charge in [-0.2, -0.15) is 10.4 Å². The zero-order valence-electron chi connectivity index (χ0n) is 11.5. The molecular formula is C14H16N4O2. The summed E-state index contributed by atoms with van der Waals surface area (Å²) in [5.74, 6) is -0.175. The molecule has 6 nitrogen and oxygen atoms in total. The Kier molecular flexibility index (Phi) is 2.85. The number of carbonyl (C=O) groups is 2. The topological polar surface area (TPSA) is 79.0 Å². The number of nitrogens with zero attached hydrogens (tertiary/aromatic N) is 4. The molecule has 0 N–H and O–H groups in total. The Morgan fingerprint density at radius 3 is 2.45 bits per heavy atom. The van der Waals surface area contributed by atoms with Crippen LogP contribution in [0, 0.1) is 29.1 Å². The minimum Gasteiger partial charge on any atom is -0.274 e. The number of aromatic nitrogens is 2. The van der Waals surface area contributed by atoms with Crippen LogP contribution in [0.15, 0.2) is 6.20 Å². The number of nitriles is 1. The molecule has 1 saturated carbocycles. The molecule has 1 saturated heterocycles. The first-order valence-electron chi connectivity index (χ1n) is 6.88. The van der Waals surface area contributed by atoms with Crippen molar-refractivity contribution in [3.05, 3.63) is 11.8 Å². The number of anilines is 1. The van der Waals surface area contributed by atoms with Gasteiger partial charge in [-0.05, 0) is 18.8 Å². The first-order chi connectivity index (χ1) is 9.56. The van der Waals surface area contributed by atoms with Crippen LogP contribution in [0.3, 0.4) is 0 Å². The summed E-state index contributed by atoms with van der Waals surface area (Å²) < 4.78 is 1.46. The number of fused-ring (bicyclic) bond motifs is 1. The predicted molar refractivity (Wildman–Crippen MR) is 70.4 cm³/mol. The summed E-state index contributed by atoms with van der Waals surface area (Å²) in [5.41, 5.74) is 0.265. The van der Waals surface area contributed by atoms with Crippen LogP contribution in [-0.4, -0.2) is 21.6 Å². The lowest BCUT2D eigenvalue weighted by Crippen LogP contribution is -2.33. The third-order valence-corrected chi connectivity index (χ3v) is 4.45. The van der Waals surface area contributed by atoms with Crippen LogP contribution in [-0.2, 0) is 16.6 Å². The molecule has 0 spiro atoms. The maximum atomic E-state index is 12.5. The van der Waals surface area contributed by atoms with Gasteiger partial charge in [-0.15, -0.1) is 0 Å². The van der Waals surface area contributed by atoms with Gasteiger partial charge in [0.05, 0.1) is 11.8 Å². The molecule has 1 aromatic heterocycles. The average molecular weight is 272 g/mol. The molecule has 104 valence electrons. The summed E-state index contributed by atoms with van der Waals surface area (Å²) in [6, 6.07) is 1.99. The van der Waals surface area contributed by atoms with Crippen LogP contribution < -0.4 is 4.90 Å². The lowest BCUT2D eigenvalue weighted by atomic mass is 10.00. The van der Waals surface area contributed by atoms with Gasteiger partial charge in [0.15, 0.2) is 5.82 Å². The Balaban J connectivity index is 1.96. The van der Waals surface area contributed by atoms with Crippen molar-refractivity contribution in [1.82, 2.24) is 9.78 Å². The van der Waals surface area contributed by atoms with Crippen LogP contribution in [0.25, 0.3) is 0 Å². The van der Waals surface area contributed by atoms with Gasteiger partial charge in [-0.25, -0.2) is 4.90 Å². The van der Waals surface area contributed by atoms with Crippen molar-refractivity contribution in [1.29, 1.82) is 5.26 Å². The van der Waals surface area contributed by atoms with Gasteiger partial charge < -0.3 is 0 Å². The summed E-state index contributed by atoms with van der Waals surface area (Å²) in [7, 11) is 1.67. The standard InChI is InChI=1S/C14H16N4O2/c1-3-8-4-10-11(5-8)14(20)18(13(10)19)12-9(6-15)7-17(2)16-12/h7-8,10-11H,3-5H2,1-2H3. The van der Waals surface area contributed by atoms with Crippen molar-refractivity contribution >= 4 is 17.6 Å². The smallest absolute Gasteiger partial charge is 0.239 e. The van der Waals surface area contributed by atoms with Crippen LogP contribution in [0.1, 0.15) is 31.7 Å². The minimum atomic E-state index is -0.221. The Hall–Kier alpha value is -2.16. The highest BCUT2D eigenvalue weighted by molar-refractivity contribution is 6.22. The fourth-order valence-corrected chi connectivity index (χ4v) is 3.39. The molecule has 1 aliphatic carbocycles. The molecule has 2 fully saturated rings. The molecule has 2 amide bonds. The van der Waals surface area contributed by atoms with Gasteiger partial charge in [0.1, 0.15) is 11.6 Å². The summed E-state index contributed by atoms with van der Waals surface area (Å²) in [4.78, 5) is 26.1. The van der Waals surface area contributed by atoms with E-state index in [4.69, 9.17) is 5.26 Å². The van der Waals surface area contributed by atoms with Crippen molar-refractivity contribution in [3.63, 3.8) is 0 Å². The summed E-state index contributed by atoms with van der Waals surface area (Å²) >= 11 is 0. The molecule has 2 aliphatic rings. The monoisotopic (exact) mass is 272 g/mol. The van der Waals surface area contributed by atoms with E-state index < -0.39 is 0 Å². The SMILES string of the molecule is CCC1CC2C(=O)N(c3nn(C)cc3C#N)C(=O)C2C1. The van der Waals surface area contributed by atoms with Crippen LogP contribution in [0.5, 0.6) is 0 Å². The second-order valence-corrected chi connectivity index (χ2v) is 5.62. The molecule has 3 rings (SSSR count). The number of aryl methyl sites for hydroxylation is 1. The number of hydrogen-bond donors (Lipinski definition) is 0. The highest BCUT2D eigenvalue weighted by Gasteiger charge is 2.53. The molecule has 0 radical (unpaired) electrons. The molecule has 6 heteroatoms. The van der Waals surface area contributed by atoms with Gasteiger partial charge in [-0.1, -0.05) is 13.3 Å². The number of amides is 2. The zero-order chi connectivity index (χ0) is 14.4. The number of rotatable bonds is 2. The van der Waals surface area contributed by atoms with E-state index in [0.29, 0.717) is 5.92 Å². The number of hydrogen-bond acceptors (Lipinski definition) is 4. The van der Waals surface area contributed by atoms with Gasteiger partial charge >= 0.3 is 0 Å².